The third kappa shape index (κ3) is 2.81. The molecule has 5 nitrogen and oxygen atoms in total. The standard InChI is InChI=1S/C13H19NO4S/c1-10-5-3-4-6-13(10)19(16,17)14-7-12(8-15)18-9-11(14)2/h3-6,11-12,15H,7-9H2,1-2H3. The van der Waals surface area contributed by atoms with E-state index < -0.39 is 16.1 Å². The fraction of sp³-hybridized carbons (Fsp3) is 0.538. The van der Waals surface area contributed by atoms with Gasteiger partial charge in [0.1, 0.15) is 0 Å². The van der Waals surface area contributed by atoms with Crippen molar-refractivity contribution in [3.8, 4) is 0 Å². The predicted molar refractivity (Wildman–Crippen MR) is 71.4 cm³/mol. The number of aliphatic hydroxyl groups excluding tert-OH is 1. The van der Waals surface area contributed by atoms with Gasteiger partial charge in [-0.25, -0.2) is 8.42 Å². The summed E-state index contributed by atoms with van der Waals surface area (Å²) in [5.74, 6) is 0. The topological polar surface area (TPSA) is 66.8 Å². The molecule has 1 aromatic carbocycles. The molecule has 1 aliphatic rings. The lowest BCUT2D eigenvalue weighted by molar-refractivity contribution is -0.0516. The summed E-state index contributed by atoms with van der Waals surface area (Å²) < 4.78 is 32.1. The maximum Gasteiger partial charge on any atom is 0.243 e. The largest absolute Gasteiger partial charge is 0.394 e. The molecule has 0 saturated carbocycles. The summed E-state index contributed by atoms with van der Waals surface area (Å²) in [5, 5.41) is 9.14. The van der Waals surface area contributed by atoms with Crippen LogP contribution in [0.3, 0.4) is 0 Å². The zero-order chi connectivity index (χ0) is 14.0. The molecule has 1 saturated heterocycles. The van der Waals surface area contributed by atoms with Crippen molar-refractivity contribution in [3.63, 3.8) is 0 Å². The summed E-state index contributed by atoms with van der Waals surface area (Å²) in [6, 6.07) is 6.69. The highest BCUT2D eigenvalue weighted by atomic mass is 32.2. The lowest BCUT2D eigenvalue weighted by Crippen LogP contribution is -2.51. The fourth-order valence-corrected chi connectivity index (χ4v) is 4.08. The first-order valence-electron chi connectivity index (χ1n) is 6.26. The maximum atomic E-state index is 12.7. The van der Waals surface area contributed by atoms with Gasteiger partial charge in [-0.3, -0.25) is 0 Å². The van der Waals surface area contributed by atoms with E-state index in [2.05, 4.69) is 0 Å². The van der Waals surface area contributed by atoms with Gasteiger partial charge in [-0.15, -0.1) is 0 Å². The van der Waals surface area contributed by atoms with E-state index in [0.29, 0.717) is 11.5 Å². The normalized spacial score (nSPS) is 25.4. The molecule has 0 amide bonds. The van der Waals surface area contributed by atoms with Gasteiger partial charge in [0.05, 0.1) is 24.2 Å². The van der Waals surface area contributed by atoms with E-state index >= 15 is 0 Å². The van der Waals surface area contributed by atoms with Crippen LogP contribution >= 0.6 is 0 Å². The van der Waals surface area contributed by atoms with Gasteiger partial charge in [-0.2, -0.15) is 4.31 Å². The number of aliphatic hydroxyl groups is 1. The van der Waals surface area contributed by atoms with Crippen LogP contribution in [-0.2, 0) is 14.8 Å². The molecule has 0 aliphatic carbocycles. The van der Waals surface area contributed by atoms with Crippen molar-refractivity contribution >= 4 is 10.0 Å². The minimum absolute atomic E-state index is 0.174. The molecule has 106 valence electrons. The Morgan fingerprint density at radius 2 is 2.11 bits per heavy atom. The molecule has 0 aromatic heterocycles. The minimum Gasteiger partial charge on any atom is -0.394 e. The number of aryl methyl sites for hydroxylation is 1. The van der Waals surface area contributed by atoms with E-state index in [1.807, 2.05) is 13.0 Å². The van der Waals surface area contributed by atoms with Crippen LogP contribution in [0.25, 0.3) is 0 Å². The molecule has 6 heteroatoms. The molecule has 2 atom stereocenters. The van der Waals surface area contributed by atoms with Gasteiger partial charge < -0.3 is 9.84 Å². The molecule has 0 spiro atoms. The summed E-state index contributed by atoms with van der Waals surface area (Å²) >= 11 is 0. The maximum absolute atomic E-state index is 12.7. The number of morpholine rings is 1. The second kappa shape index (κ2) is 5.58. The molecule has 19 heavy (non-hydrogen) atoms. The van der Waals surface area contributed by atoms with Crippen molar-refractivity contribution < 1.29 is 18.3 Å². The Bertz CT molecular complexity index is 543. The molecular formula is C13H19NO4S. The Balaban J connectivity index is 2.36. The quantitative estimate of drug-likeness (QED) is 0.890. The van der Waals surface area contributed by atoms with Gasteiger partial charge in [-0.1, -0.05) is 18.2 Å². The van der Waals surface area contributed by atoms with Gasteiger partial charge >= 0.3 is 0 Å². The number of benzene rings is 1. The fourth-order valence-electron chi connectivity index (χ4n) is 2.21. The van der Waals surface area contributed by atoms with E-state index in [1.54, 1.807) is 25.1 Å². The number of ether oxygens (including phenoxy) is 1. The van der Waals surface area contributed by atoms with Gasteiger partial charge in [0.2, 0.25) is 10.0 Å². The molecule has 1 aromatic rings. The first kappa shape index (κ1) is 14.5. The zero-order valence-electron chi connectivity index (χ0n) is 11.1. The molecule has 1 N–H and O–H groups in total. The van der Waals surface area contributed by atoms with Crippen LogP contribution in [0.5, 0.6) is 0 Å². The van der Waals surface area contributed by atoms with Crippen molar-refractivity contribution in [2.75, 3.05) is 19.8 Å². The Hall–Kier alpha value is -0.950. The second-order valence-electron chi connectivity index (χ2n) is 4.83. The van der Waals surface area contributed by atoms with Crippen LogP contribution in [-0.4, -0.2) is 49.7 Å². The smallest absolute Gasteiger partial charge is 0.243 e. The number of nitrogens with zero attached hydrogens (tertiary/aromatic N) is 1. The average Bonchev–Trinajstić information content (AvgIpc) is 2.39. The van der Waals surface area contributed by atoms with E-state index in [0.717, 1.165) is 5.56 Å². The van der Waals surface area contributed by atoms with Crippen molar-refractivity contribution in [2.24, 2.45) is 0 Å². The summed E-state index contributed by atoms with van der Waals surface area (Å²) in [4.78, 5) is 0.320. The first-order valence-corrected chi connectivity index (χ1v) is 7.70. The summed E-state index contributed by atoms with van der Waals surface area (Å²) in [7, 11) is -3.54. The van der Waals surface area contributed by atoms with Gasteiger partial charge in [-0.05, 0) is 25.5 Å². The summed E-state index contributed by atoms with van der Waals surface area (Å²) in [5.41, 5.74) is 0.724. The van der Waals surface area contributed by atoms with Crippen LogP contribution in [0.15, 0.2) is 29.2 Å². The summed E-state index contributed by atoms with van der Waals surface area (Å²) in [6.07, 6.45) is -0.449. The van der Waals surface area contributed by atoms with E-state index in [1.165, 1.54) is 4.31 Å². The van der Waals surface area contributed by atoms with Crippen LogP contribution < -0.4 is 0 Å². The van der Waals surface area contributed by atoms with Crippen molar-refractivity contribution in [2.45, 2.75) is 30.9 Å². The van der Waals surface area contributed by atoms with Crippen molar-refractivity contribution in [1.82, 2.24) is 4.31 Å². The van der Waals surface area contributed by atoms with E-state index in [9.17, 15) is 8.42 Å². The Labute approximate surface area is 113 Å². The highest BCUT2D eigenvalue weighted by Crippen LogP contribution is 2.24. The first-order chi connectivity index (χ1) is 8.96. The monoisotopic (exact) mass is 285 g/mol. The molecule has 0 bridgehead atoms. The van der Waals surface area contributed by atoms with Gasteiger partial charge in [0.15, 0.2) is 0 Å². The Kier molecular flexibility index (Phi) is 4.25. The number of sulfonamides is 1. The Morgan fingerprint density at radius 1 is 1.42 bits per heavy atom. The molecule has 0 radical (unpaired) electrons. The lowest BCUT2D eigenvalue weighted by atomic mass is 10.2. The molecule has 1 fully saturated rings. The summed E-state index contributed by atoms with van der Waals surface area (Å²) in [6.45, 7) is 3.90. The molecule has 2 rings (SSSR count). The number of hydrogen-bond donors (Lipinski definition) is 1. The van der Waals surface area contributed by atoms with Crippen LogP contribution in [0, 0.1) is 6.92 Å². The highest BCUT2D eigenvalue weighted by Gasteiger charge is 2.35. The average molecular weight is 285 g/mol. The molecule has 1 aliphatic heterocycles. The Morgan fingerprint density at radius 3 is 2.74 bits per heavy atom. The minimum atomic E-state index is -3.54. The number of hydrogen-bond acceptors (Lipinski definition) is 4. The van der Waals surface area contributed by atoms with Crippen LogP contribution in [0.1, 0.15) is 12.5 Å². The zero-order valence-corrected chi connectivity index (χ0v) is 11.9. The lowest BCUT2D eigenvalue weighted by Gasteiger charge is -2.36. The van der Waals surface area contributed by atoms with E-state index in [-0.39, 0.29) is 19.2 Å². The van der Waals surface area contributed by atoms with Crippen LogP contribution in [0.2, 0.25) is 0 Å². The van der Waals surface area contributed by atoms with E-state index in [4.69, 9.17) is 9.84 Å². The number of rotatable bonds is 3. The molecular weight excluding hydrogens is 266 g/mol. The van der Waals surface area contributed by atoms with Gasteiger partial charge in [0.25, 0.3) is 0 Å². The van der Waals surface area contributed by atoms with Crippen LogP contribution in [0.4, 0.5) is 0 Å². The van der Waals surface area contributed by atoms with Crippen molar-refractivity contribution in [3.05, 3.63) is 29.8 Å². The van der Waals surface area contributed by atoms with Gasteiger partial charge in [0, 0.05) is 12.6 Å². The molecule has 1 heterocycles. The highest BCUT2D eigenvalue weighted by molar-refractivity contribution is 7.89. The second-order valence-corrected chi connectivity index (χ2v) is 6.69. The third-order valence-electron chi connectivity index (χ3n) is 3.33. The SMILES string of the molecule is Cc1ccccc1S(=O)(=O)N1CC(CO)OCC1C. The van der Waals surface area contributed by atoms with Crippen molar-refractivity contribution in [1.29, 1.82) is 0 Å². The third-order valence-corrected chi connectivity index (χ3v) is 5.47. The molecule has 2 unspecified atom stereocenters. The predicted octanol–water partition coefficient (Wildman–Crippen LogP) is 0.765.